The number of nitriles is 1. The molecule has 18 heavy (non-hydrogen) atoms. The van der Waals surface area contributed by atoms with Gasteiger partial charge in [-0.05, 0) is 12.1 Å². The monoisotopic (exact) mass is 259 g/mol. The molecule has 8 heteroatoms. The van der Waals surface area contributed by atoms with Crippen LogP contribution in [-0.2, 0) is 11.0 Å². The fourth-order valence-electron chi connectivity index (χ4n) is 1.13. The van der Waals surface area contributed by atoms with Crippen molar-refractivity contribution in [2.45, 2.75) is 12.6 Å². The molecule has 0 unspecified atom stereocenters. The number of alkyl halides is 3. The average Bonchev–Trinajstić information content (AvgIpc) is 2.27. The minimum atomic E-state index is -4.61. The quantitative estimate of drug-likeness (QED) is 0.861. The van der Waals surface area contributed by atoms with E-state index in [0.29, 0.717) is 6.07 Å². The highest BCUT2D eigenvalue weighted by molar-refractivity contribution is 5.67. The molecule has 0 aliphatic carbocycles. The van der Waals surface area contributed by atoms with Crippen LogP contribution in [0.25, 0.3) is 0 Å². The van der Waals surface area contributed by atoms with Crippen molar-refractivity contribution in [2.75, 3.05) is 11.9 Å². The highest BCUT2D eigenvalue weighted by Gasteiger charge is 2.33. The Kier molecular flexibility index (Phi) is 4.09. The molecular weight excluding hydrogens is 251 g/mol. The molecule has 0 aliphatic rings. The Labute approximate surface area is 99.9 Å². The van der Waals surface area contributed by atoms with Gasteiger partial charge in [0.2, 0.25) is 0 Å². The van der Waals surface area contributed by atoms with E-state index in [4.69, 9.17) is 10.4 Å². The van der Waals surface area contributed by atoms with Gasteiger partial charge in [0.05, 0.1) is 12.0 Å². The number of nitrogens with one attached hydrogen (secondary N) is 1. The van der Waals surface area contributed by atoms with Crippen molar-refractivity contribution in [3.63, 3.8) is 0 Å². The van der Waals surface area contributed by atoms with Gasteiger partial charge in [0.15, 0.2) is 0 Å². The largest absolute Gasteiger partial charge is 0.481 e. The van der Waals surface area contributed by atoms with Gasteiger partial charge in [0, 0.05) is 6.54 Å². The number of hydrogen-bond donors (Lipinski definition) is 2. The van der Waals surface area contributed by atoms with E-state index in [1.807, 2.05) is 0 Å². The molecule has 0 fully saturated rings. The predicted molar refractivity (Wildman–Crippen MR) is 54.7 cm³/mol. The number of carbonyl (C=O) groups is 1. The van der Waals surface area contributed by atoms with Crippen molar-refractivity contribution in [1.29, 1.82) is 5.26 Å². The Morgan fingerprint density at radius 2 is 2.17 bits per heavy atom. The van der Waals surface area contributed by atoms with Gasteiger partial charge in [-0.15, -0.1) is 0 Å². The first-order valence-corrected chi connectivity index (χ1v) is 4.78. The second-order valence-electron chi connectivity index (χ2n) is 3.27. The number of anilines is 1. The number of nitrogens with zero attached hydrogens (tertiary/aromatic N) is 2. The molecule has 1 aromatic heterocycles. The third kappa shape index (κ3) is 3.62. The number of halogens is 3. The Morgan fingerprint density at radius 1 is 1.50 bits per heavy atom. The molecule has 0 spiro atoms. The molecule has 1 aromatic rings. The summed E-state index contributed by atoms with van der Waals surface area (Å²) in [7, 11) is 0. The number of pyridine rings is 1. The number of aliphatic carboxylic acids is 1. The molecule has 1 rings (SSSR count). The van der Waals surface area contributed by atoms with Crippen molar-refractivity contribution < 1.29 is 23.1 Å². The van der Waals surface area contributed by atoms with Crippen LogP contribution in [0.2, 0.25) is 0 Å². The van der Waals surface area contributed by atoms with Gasteiger partial charge in [0.25, 0.3) is 0 Å². The number of rotatable bonds is 4. The molecular formula is C10H8F3N3O2. The first kappa shape index (κ1) is 13.8. The predicted octanol–water partition coefficient (Wildman–Crippen LogP) is 1.86. The van der Waals surface area contributed by atoms with Gasteiger partial charge >= 0.3 is 12.1 Å². The maximum Gasteiger partial charge on any atom is 0.433 e. The van der Waals surface area contributed by atoms with E-state index in [1.54, 1.807) is 6.07 Å². The summed E-state index contributed by atoms with van der Waals surface area (Å²) in [6.45, 7) is -0.113. The Hall–Kier alpha value is -2.30. The molecule has 0 aromatic carbocycles. The van der Waals surface area contributed by atoms with Gasteiger partial charge < -0.3 is 10.4 Å². The smallest absolute Gasteiger partial charge is 0.433 e. The van der Waals surface area contributed by atoms with Crippen molar-refractivity contribution >= 4 is 11.8 Å². The zero-order valence-electron chi connectivity index (χ0n) is 8.95. The highest BCUT2D eigenvalue weighted by atomic mass is 19.4. The summed E-state index contributed by atoms with van der Waals surface area (Å²) >= 11 is 0. The summed E-state index contributed by atoms with van der Waals surface area (Å²) in [5.41, 5.74) is -1.22. The normalized spacial score (nSPS) is 10.8. The van der Waals surface area contributed by atoms with E-state index in [-0.39, 0.29) is 24.3 Å². The van der Waals surface area contributed by atoms with Crippen molar-refractivity contribution in [3.8, 4) is 6.07 Å². The number of hydrogen-bond acceptors (Lipinski definition) is 4. The van der Waals surface area contributed by atoms with Crippen LogP contribution in [0.3, 0.4) is 0 Å². The van der Waals surface area contributed by atoms with Gasteiger partial charge in [-0.25, -0.2) is 4.98 Å². The molecule has 1 heterocycles. The van der Waals surface area contributed by atoms with Crippen LogP contribution in [0.15, 0.2) is 12.1 Å². The summed E-state index contributed by atoms with van der Waals surface area (Å²) in [5, 5.41) is 19.5. The standard InChI is InChI=1S/C10H8F3N3O2/c11-10(12,13)7-2-1-6(5-14)9(16-7)15-4-3-8(17)18/h1-2H,3-4H2,(H,15,16)(H,17,18). The number of carboxylic acid groups (broad SMARTS) is 1. The van der Waals surface area contributed by atoms with E-state index >= 15 is 0 Å². The van der Waals surface area contributed by atoms with E-state index in [1.165, 1.54) is 0 Å². The lowest BCUT2D eigenvalue weighted by atomic mass is 10.2. The number of carboxylic acids is 1. The molecule has 5 nitrogen and oxygen atoms in total. The van der Waals surface area contributed by atoms with E-state index in [9.17, 15) is 18.0 Å². The van der Waals surface area contributed by atoms with E-state index in [0.717, 1.165) is 6.07 Å². The molecule has 0 amide bonds. The molecule has 0 radical (unpaired) electrons. The molecule has 0 atom stereocenters. The third-order valence-electron chi connectivity index (χ3n) is 1.94. The Balaban J connectivity index is 2.93. The highest BCUT2D eigenvalue weighted by Crippen LogP contribution is 2.29. The van der Waals surface area contributed by atoms with Crippen LogP contribution in [0, 0.1) is 11.3 Å². The zero-order valence-corrected chi connectivity index (χ0v) is 8.95. The third-order valence-corrected chi connectivity index (χ3v) is 1.94. The maximum atomic E-state index is 12.4. The summed E-state index contributed by atoms with van der Waals surface area (Å²) in [6.07, 6.45) is -4.90. The minimum absolute atomic E-state index is 0.0756. The fourth-order valence-corrected chi connectivity index (χ4v) is 1.13. The van der Waals surface area contributed by atoms with Gasteiger partial charge in [-0.1, -0.05) is 0 Å². The zero-order chi connectivity index (χ0) is 13.8. The molecule has 2 N–H and O–H groups in total. The van der Waals surface area contributed by atoms with E-state index in [2.05, 4.69) is 10.3 Å². The summed E-state index contributed by atoms with van der Waals surface area (Å²) in [6, 6.07) is 3.35. The molecule has 96 valence electrons. The van der Waals surface area contributed by atoms with Crippen LogP contribution < -0.4 is 5.32 Å². The lowest BCUT2D eigenvalue weighted by Crippen LogP contribution is -2.13. The molecule has 0 aliphatic heterocycles. The van der Waals surface area contributed by atoms with Crippen LogP contribution >= 0.6 is 0 Å². The minimum Gasteiger partial charge on any atom is -0.481 e. The van der Waals surface area contributed by atoms with Gasteiger partial charge in [0.1, 0.15) is 17.6 Å². The van der Waals surface area contributed by atoms with Gasteiger partial charge in [-0.2, -0.15) is 18.4 Å². The lowest BCUT2D eigenvalue weighted by molar-refractivity contribution is -0.141. The second kappa shape index (κ2) is 5.35. The fraction of sp³-hybridized carbons (Fsp3) is 0.300. The summed E-state index contributed by atoms with van der Waals surface area (Å²) in [4.78, 5) is 13.5. The Bertz CT molecular complexity index is 494. The van der Waals surface area contributed by atoms with Crippen LogP contribution in [-0.4, -0.2) is 22.6 Å². The molecule has 0 saturated carbocycles. The molecule has 0 bridgehead atoms. The van der Waals surface area contributed by atoms with Crippen molar-refractivity contribution in [1.82, 2.24) is 4.98 Å². The van der Waals surface area contributed by atoms with Crippen LogP contribution in [0.4, 0.5) is 19.0 Å². The Morgan fingerprint density at radius 3 is 2.67 bits per heavy atom. The SMILES string of the molecule is N#Cc1ccc(C(F)(F)F)nc1NCCC(=O)O. The van der Waals surface area contributed by atoms with Crippen LogP contribution in [0.1, 0.15) is 17.7 Å². The first-order valence-electron chi connectivity index (χ1n) is 4.78. The maximum absolute atomic E-state index is 12.4. The van der Waals surface area contributed by atoms with Crippen molar-refractivity contribution in [2.24, 2.45) is 0 Å². The summed E-state index contributed by atoms with van der Waals surface area (Å²) in [5.74, 6) is -1.37. The first-order chi connectivity index (χ1) is 8.34. The second-order valence-corrected chi connectivity index (χ2v) is 3.27. The van der Waals surface area contributed by atoms with Crippen molar-refractivity contribution in [3.05, 3.63) is 23.4 Å². The lowest BCUT2D eigenvalue weighted by Gasteiger charge is -2.10. The topological polar surface area (TPSA) is 86.0 Å². The molecule has 0 saturated heterocycles. The van der Waals surface area contributed by atoms with Crippen LogP contribution in [0.5, 0.6) is 0 Å². The summed E-state index contributed by atoms with van der Waals surface area (Å²) < 4.78 is 37.2. The van der Waals surface area contributed by atoms with E-state index < -0.39 is 17.8 Å². The number of aromatic nitrogens is 1. The average molecular weight is 259 g/mol. The van der Waals surface area contributed by atoms with Gasteiger partial charge in [-0.3, -0.25) is 4.79 Å².